The van der Waals surface area contributed by atoms with Crippen LogP contribution in [0.5, 0.6) is 10.8 Å². The third-order valence-corrected chi connectivity index (χ3v) is 8.94. The minimum Gasteiger partial charge on any atom is -0.496 e. The van der Waals surface area contributed by atoms with Crippen LogP contribution in [0.4, 0.5) is 0 Å². The zero-order valence-electron chi connectivity index (χ0n) is 20.4. The number of thiophene rings is 1. The van der Waals surface area contributed by atoms with Crippen LogP contribution in [0.15, 0.2) is 58.1 Å². The molecular weight excluding hydrogens is 474 g/mol. The van der Waals surface area contributed by atoms with Crippen molar-refractivity contribution in [3.05, 3.63) is 80.5 Å². The van der Waals surface area contributed by atoms with E-state index in [1.165, 1.54) is 27.0 Å². The van der Waals surface area contributed by atoms with Gasteiger partial charge in [-0.25, -0.2) is 4.79 Å². The van der Waals surface area contributed by atoms with Gasteiger partial charge in [0.2, 0.25) is 0 Å². The third kappa shape index (κ3) is 3.67. The lowest BCUT2D eigenvalue weighted by molar-refractivity contribution is 0.371. The summed E-state index contributed by atoms with van der Waals surface area (Å²) in [5.41, 5.74) is 4.19. The van der Waals surface area contributed by atoms with Crippen molar-refractivity contribution < 1.29 is 9.47 Å². The fraction of sp³-hybridized carbons (Fsp3) is 0.357. The van der Waals surface area contributed by atoms with Gasteiger partial charge in [-0.1, -0.05) is 53.8 Å². The van der Waals surface area contributed by atoms with Crippen LogP contribution in [0.25, 0.3) is 21.3 Å². The molecule has 36 heavy (non-hydrogen) atoms. The van der Waals surface area contributed by atoms with Crippen LogP contribution in [-0.4, -0.2) is 36.4 Å². The zero-order chi connectivity index (χ0) is 24.8. The van der Waals surface area contributed by atoms with Crippen LogP contribution >= 0.6 is 11.3 Å². The Kier molecular flexibility index (Phi) is 5.93. The highest BCUT2D eigenvalue weighted by atomic mass is 32.1. The van der Waals surface area contributed by atoms with Gasteiger partial charge < -0.3 is 19.8 Å². The molecule has 7 nitrogen and oxygen atoms in total. The lowest BCUT2D eigenvalue weighted by atomic mass is 9.73. The van der Waals surface area contributed by atoms with Crippen molar-refractivity contribution in [2.45, 2.75) is 37.8 Å². The molecule has 0 spiro atoms. The summed E-state index contributed by atoms with van der Waals surface area (Å²) in [4.78, 5) is 29.6. The molecule has 6 rings (SSSR count). The van der Waals surface area contributed by atoms with Crippen LogP contribution in [-0.2, 0) is 13.0 Å². The topological polar surface area (TPSA) is 85.3 Å². The van der Waals surface area contributed by atoms with Gasteiger partial charge >= 0.3 is 5.69 Å². The van der Waals surface area contributed by atoms with Crippen LogP contribution in [0.2, 0.25) is 0 Å². The Bertz CT molecular complexity index is 1540. The number of benzene rings is 2. The van der Waals surface area contributed by atoms with Crippen LogP contribution < -0.4 is 26.0 Å². The summed E-state index contributed by atoms with van der Waals surface area (Å²) in [6.07, 6.45) is 2.83. The number of H-pyrrole nitrogens is 1. The number of hydrogen-bond donors (Lipinski definition) is 2. The summed E-state index contributed by atoms with van der Waals surface area (Å²) in [5, 5.41) is 4.30. The second kappa shape index (κ2) is 9.26. The molecule has 1 aliphatic carbocycles. The summed E-state index contributed by atoms with van der Waals surface area (Å²) >= 11 is 1.28. The first-order chi connectivity index (χ1) is 17.6. The molecule has 0 saturated carbocycles. The van der Waals surface area contributed by atoms with Gasteiger partial charge in [-0.15, -0.1) is 0 Å². The average molecular weight is 504 g/mol. The highest BCUT2D eigenvalue weighted by Gasteiger charge is 2.40. The van der Waals surface area contributed by atoms with Gasteiger partial charge in [0.05, 0.1) is 25.3 Å². The first-order valence-electron chi connectivity index (χ1n) is 12.4. The van der Waals surface area contributed by atoms with Crippen LogP contribution in [0, 0.1) is 5.92 Å². The molecule has 4 aromatic rings. The molecule has 3 atom stereocenters. The van der Waals surface area contributed by atoms with Gasteiger partial charge in [0.1, 0.15) is 10.4 Å². The maximum atomic E-state index is 13.5. The van der Waals surface area contributed by atoms with E-state index in [2.05, 4.69) is 22.4 Å². The maximum Gasteiger partial charge on any atom is 0.328 e. The summed E-state index contributed by atoms with van der Waals surface area (Å²) < 4.78 is 13.1. The van der Waals surface area contributed by atoms with Crippen molar-refractivity contribution in [1.29, 1.82) is 0 Å². The van der Waals surface area contributed by atoms with Gasteiger partial charge in [-0.2, -0.15) is 0 Å². The van der Waals surface area contributed by atoms with Crippen molar-refractivity contribution >= 4 is 21.6 Å². The molecule has 0 radical (unpaired) electrons. The molecular formula is C28H29N3O4S. The summed E-state index contributed by atoms with van der Waals surface area (Å²) in [7, 11) is 3.32. The lowest BCUT2D eigenvalue weighted by Crippen LogP contribution is -2.37. The fourth-order valence-corrected chi connectivity index (χ4v) is 7.20. The molecule has 1 aliphatic heterocycles. The molecule has 8 heteroatoms. The molecule has 0 bridgehead atoms. The van der Waals surface area contributed by atoms with Crippen LogP contribution in [0.1, 0.15) is 29.9 Å². The van der Waals surface area contributed by atoms with E-state index in [1.807, 2.05) is 36.4 Å². The predicted octanol–water partition coefficient (Wildman–Crippen LogP) is 4.14. The van der Waals surface area contributed by atoms with E-state index in [1.54, 1.807) is 14.2 Å². The van der Waals surface area contributed by atoms with E-state index in [9.17, 15) is 9.59 Å². The zero-order valence-corrected chi connectivity index (χ0v) is 21.2. The largest absolute Gasteiger partial charge is 0.496 e. The minimum atomic E-state index is -0.384. The average Bonchev–Trinajstić information content (AvgIpc) is 3.50. The number of nitrogens with zero attached hydrogens (tertiary/aromatic N) is 1. The Labute approximate surface area is 212 Å². The predicted molar refractivity (Wildman–Crippen MR) is 143 cm³/mol. The minimum absolute atomic E-state index is 0.195. The quantitative estimate of drug-likeness (QED) is 0.413. The van der Waals surface area contributed by atoms with Gasteiger partial charge in [0.15, 0.2) is 5.06 Å². The number of hydrogen-bond acceptors (Lipinski definition) is 6. The SMILES string of the molecule is COc1cccc2c1CC[C@H]1CNC(CCn3c(=O)[nH]c4c(-c5ccccc5)c(OC)sc4c3=O)[C@@H]21. The van der Waals surface area contributed by atoms with E-state index < -0.39 is 0 Å². The van der Waals surface area contributed by atoms with Crippen molar-refractivity contribution in [2.24, 2.45) is 5.92 Å². The molecule has 1 saturated heterocycles. The second-order valence-electron chi connectivity index (χ2n) is 9.58. The van der Waals surface area contributed by atoms with Crippen molar-refractivity contribution in [3.8, 4) is 21.9 Å². The number of nitrogens with one attached hydrogen (secondary N) is 2. The van der Waals surface area contributed by atoms with Crippen molar-refractivity contribution in [2.75, 3.05) is 20.8 Å². The fourth-order valence-electron chi connectivity index (χ4n) is 6.15. The summed E-state index contributed by atoms with van der Waals surface area (Å²) in [6, 6.07) is 16.2. The van der Waals surface area contributed by atoms with Crippen molar-refractivity contribution in [3.63, 3.8) is 0 Å². The molecule has 186 valence electrons. The standard InChI is InChI=1S/C28H29N3O4S/c1-34-21-10-6-9-19-18(21)12-11-17-15-29-20(22(17)19)13-14-31-26(32)25-24(30-28(31)33)23(27(35-2)36-25)16-7-4-3-5-8-16/h3-10,17,20,22,29H,11-15H2,1-2H3,(H,30,33)/t17-,20?,22+/m0/s1. The normalized spacial score (nSPS) is 20.8. The molecule has 1 fully saturated rings. The third-order valence-electron chi connectivity index (χ3n) is 7.80. The Morgan fingerprint density at radius 2 is 1.89 bits per heavy atom. The highest BCUT2D eigenvalue weighted by molar-refractivity contribution is 7.21. The highest BCUT2D eigenvalue weighted by Crippen LogP contribution is 2.45. The van der Waals surface area contributed by atoms with Gasteiger partial charge in [0, 0.05) is 18.5 Å². The van der Waals surface area contributed by atoms with Gasteiger partial charge in [0.25, 0.3) is 5.56 Å². The van der Waals surface area contributed by atoms with Crippen molar-refractivity contribution in [1.82, 2.24) is 14.9 Å². The Balaban J connectivity index is 1.33. The molecule has 2 aromatic heterocycles. The molecule has 2 aliphatic rings. The maximum absolute atomic E-state index is 13.5. The van der Waals surface area contributed by atoms with Gasteiger partial charge in [-0.3, -0.25) is 9.36 Å². The van der Waals surface area contributed by atoms with E-state index >= 15 is 0 Å². The van der Waals surface area contributed by atoms with Gasteiger partial charge in [-0.05, 0) is 54.5 Å². The molecule has 3 heterocycles. The Hall–Kier alpha value is -3.36. The monoisotopic (exact) mass is 503 g/mol. The number of fused-ring (bicyclic) bond motifs is 4. The molecule has 0 amide bonds. The Morgan fingerprint density at radius 3 is 2.67 bits per heavy atom. The number of methoxy groups -OCH3 is 2. The number of aromatic amines is 1. The summed E-state index contributed by atoms with van der Waals surface area (Å²) in [5.74, 6) is 1.87. The second-order valence-corrected chi connectivity index (χ2v) is 10.6. The van der Waals surface area contributed by atoms with Crippen LogP contribution in [0.3, 0.4) is 0 Å². The van der Waals surface area contributed by atoms with E-state index in [-0.39, 0.29) is 17.3 Å². The number of rotatable bonds is 6. The first-order valence-corrected chi connectivity index (χ1v) is 13.2. The Morgan fingerprint density at radius 1 is 1.06 bits per heavy atom. The number of aromatic nitrogens is 2. The van der Waals surface area contributed by atoms with E-state index in [0.717, 1.165) is 36.3 Å². The first kappa shape index (κ1) is 23.1. The number of ether oxygens (including phenoxy) is 2. The smallest absolute Gasteiger partial charge is 0.328 e. The van der Waals surface area contributed by atoms with E-state index in [4.69, 9.17) is 9.47 Å². The molecule has 1 unspecified atom stereocenters. The summed E-state index contributed by atoms with van der Waals surface area (Å²) in [6.45, 7) is 1.31. The lowest BCUT2D eigenvalue weighted by Gasteiger charge is -2.32. The molecule has 2 N–H and O–H groups in total. The van der Waals surface area contributed by atoms with E-state index in [0.29, 0.717) is 40.1 Å². The molecule has 2 aromatic carbocycles.